The van der Waals surface area contributed by atoms with E-state index in [0.717, 1.165) is 38.1 Å². The van der Waals surface area contributed by atoms with E-state index < -0.39 is 0 Å². The molecule has 0 heterocycles. The Morgan fingerprint density at radius 1 is 1.03 bits per heavy atom. The summed E-state index contributed by atoms with van der Waals surface area (Å²) in [5.41, 5.74) is 12.3. The molecule has 0 amide bonds. The molecule has 4 nitrogen and oxygen atoms in total. The highest BCUT2D eigenvalue weighted by Gasteiger charge is 2.24. The largest absolute Gasteiger partial charge is 0.508 e. The summed E-state index contributed by atoms with van der Waals surface area (Å²) in [5, 5.41) is 9.82. The van der Waals surface area contributed by atoms with Crippen LogP contribution in [0.25, 0.3) is 0 Å². The van der Waals surface area contributed by atoms with Gasteiger partial charge in [0.1, 0.15) is 18.1 Å². The van der Waals surface area contributed by atoms with Crippen LogP contribution in [0.1, 0.15) is 55.4 Å². The third-order valence-corrected chi connectivity index (χ3v) is 6.42. The van der Waals surface area contributed by atoms with Crippen molar-refractivity contribution in [1.82, 2.24) is 0 Å². The molecule has 1 aliphatic carbocycles. The fourth-order valence-electron chi connectivity index (χ4n) is 4.68. The van der Waals surface area contributed by atoms with E-state index in [9.17, 15) is 5.11 Å². The van der Waals surface area contributed by atoms with Crippen molar-refractivity contribution in [2.45, 2.75) is 58.0 Å². The van der Waals surface area contributed by atoms with Gasteiger partial charge in [-0.3, -0.25) is 0 Å². The normalized spacial score (nSPS) is 15.7. The third-order valence-electron chi connectivity index (χ3n) is 6.42. The first-order valence-electron chi connectivity index (χ1n) is 12.0. The van der Waals surface area contributed by atoms with E-state index in [-0.39, 0.29) is 5.54 Å². The van der Waals surface area contributed by atoms with Crippen LogP contribution in [0.5, 0.6) is 11.5 Å². The standard InChI is InChI=1S/C29H36N2O2/c1-4-31(19-21-9-15-26(16-10-21)33-20-29(2,3)30)28-8-6-5-7-27(28)24-12-11-23-18-25(32)14-13-22(23)17-24/h5-10,13-16,18,24,32H,4,11-12,17,19-20,30H2,1-3H3/t24-/m0/s1. The van der Waals surface area contributed by atoms with Crippen molar-refractivity contribution in [2.75, 3.05) is 18.1 Å². The minimum Gasteiger partial charge on any atom is -0.508 e. The SMILES string of the molecule is CCN(Cc1ccc(OCC(C)(C)N)cc1)c1ccccc1[C@H]1CCc2cc(O)ccc2C1. The maximum absolute atomic E-state index is 9.82. The summed E-state index contributed by atoms with van der Waals surface area (Å²) >= 11 is 0. The van der Waals surface area contributed by atoms with E-state index in [4.69, 9.17) is 10.5 Å². The summed E-state index contributed by atoms with van der Waals surface area (Å²) in [6.07, 6.45) is 3.14. The van der Waals surface area contributed by atoms with Crippen molar-refractivity contribution in [3.63, 3.8) is 0 Å². The molecular formula is C29H36N2O2. The second-order valence-corrected chi connectivity index (χ2v) is 9.89. The number of rotatable bonds is 8. The Morgan fingerprint density at radius 2 is 1.79 bits per heavy atom. The molecule has 0 unspecified atom stereocenters. The third kappa shape index (κ3) is 5.88. The molecule has 0 radical (unpaired) electrons. The number of para-hydroxylation sites is 1. The van der Waals surface area contributed by atoms with Gasteiger partial charge in [0.15, 0.2) is 0 Å². The lowest BCUT2D eigenvalue weighted by Crippen LogP contribution is -2.38. The van der Waals surface area contributed by atoms with Crippen LogP contribution in [-0.2, 0) is 19.4 Å². The zero-order valence-corrected chi connectivity index (χ0v) is 20.1. The lowest BCUT2D eigenvalue weighted by molar-refractivity contribution is 0.243. The molecule has 0 saturated carbocycles. The fourth-order valence-corrected chi connectivity index (χ4v) is 4.68. The monoisotopic (exact) mass is 444 g/mol. The summed E-state index contributed by atoms with van der Waals surface area (Å²) in [5.74, 6) is 1.71. The minimum absolute atomic E-state index is 0.346. The number of phenolic OH excluding ortho intramolecular Hbond substituents is 1. The van der Waals surface area contributed by atoms with E-state index in [1.54, 1.807) is 0 Å². The molecule has 0 spiro atoms. The van der Waals surface area contributed by atoms with Crippen LogP contribution in [0, 0.1) is 0 Å². The molecule has 174 valence electrons. The van der Waals surface area contributed by atoms with Crippen molar-refractivity contribution >= 4 is 5.69 Å². The predicted molar refractivity (Wildman–Crippen MR) is 136 cm³/mol. The lowest BCUT2D eigenvalue weighted by atomic mass is 9.79. The Bertz CT molecular complexity index is 1070. The van der Waals surface area contributed by atoms with Gasteiger partial charge in [0.05, 0.1) is 0 Å². The van der Waals surface area contributed by atoms with Gasteiger partial charge in [-0.2, -0.15) is 0 Å². The van der Waals surface area contributed by atoms with Crippen molar-refractivity contribution in [3.8, 4) is 11.5 Å². The summed E-state index contributed by atoms with van der Waals surface area (Å²) in [6, 6.07) is 23.0. The zero-order valence-electron chi connectivity index (χ0n) is 20.1. The van der Waals surface area contributed by atoms with E-state index in [2.05, 4.69) is 54.3 Å². The summed E-state index contributed by atoms with van der Waals surface area (Å²) in [7, 11) is 0. The van der Waals surface area contributed by atoms with Gasteiger partial charge in [0, 0.05) is 24.3 Å². The second-order valence-electron chi connectivity index (χ2n) is 9.89. The molecule has 0 aliphatic heterocycles. The molecule has 3 aromatic carbocycles. The zero-order chi connectivity index (χ0) is 23.4. The van der Waals surface area contributed by atoms with Crippen LogP contribution in [0.15, 0.2) is 66.7 Å². The first-order chi connectivity index (χ1) is 15.8. The molecule has 4 rings (SSSR count). The number of hydrogen-bond donors (Lipinski definition) is 2. The van der Waals surface area contributed by atoms with E-state index in [0.29, 0.717) is 18.3 Å². The number of nitrogens with two attached hydrogens (primary N) is 1. The van der Waals surface area contributed by atoms with Crippen LogP contribution >= 0.6 is 0 Å². The lowest BCUT2D eigenvalue weighted by Gasteiger charge is -2.31. The first-order valence-corrected chi connectivity index (χ1v) is 12.0. The van der Waals surface area contributed by atoms with Gasteiger partial charge in [0.25, 0.3) is 0 Å². The predicted octanol–water partition coefficient (Wildman–Crippen LogP) is 5.81. The number of ether oxygens (including phenoxy) is 1. The number of aryl methyl sites for hydroxylation is 1. The Morgan fingerprint density at radius 3 is 2.52 bits per heavy atom. The van der Waals surface area contributed by atoms with Gasteiger partial charge in [-0.25, -0.2) is 0 Å². The first kappa shape index (κ1) is 23.2. The quantitative estimate of drug-likeness (QED) is 0.460. The van der Waals surface area contributed by atoms with Crippen LogP contribution in [0.4, 0.5) is 5.69 Å². The Balaban J connectivity index is 1.50. The molecule has 3 N–H and O–H groups in total. The van der Waals surface area contributed by atoms with Crippen LogP contribution < -0.4 is 15.4 Å². The van der Waals surface area contributed by atoms with Gasteiger partial charge in [-0.15, -0.1) is 0 Å². The van der Waals surface area contributed by atoms with Gasteiger partial charge < -0.3 is 20.5 Å². The van der Waals surface area contributed by atoms with Crippen LogP contribution in [0.3, 0.4) is 0 Å². The highest BCUT2D eigenvalue weighted by molar-refractivity contribution is 5.56. The van der Waals surface area contributed by atoms with E-state index in [1.807, 2.05) is 38.1 Å². The summed E-state index contributed by atoms with van der Waals surface area (Å²) < 4.78 is 5.82. The molecule has 0 fully saturated rings. The van der Waals surface area contributed by atoms with Gasteiger partial charge in [-0.1, -0.05) is 36.4 Å². The van der Waals surface area contributed by atoms with E-state index in [1.165, 1.54) is 27.9 Å². The Kier molecular flexibility index (Phi) is 6.94. The molecule has 33 heavy (non-hydrogen) atoms. The van der Waals surface area contributed by atoms with Crippen molar-refractivity contribution in [2.24, 2.45) is 5.73 Å². The van der Waals surface area contributed by atoms with Crippen LogP contribution in [0.2, 0.25) is 0 Å². The highest BCUT2D eigenvalue weighted by atomic mass is 16.5. The smallest absolute Gasteiger partial charge is 0.119 e. The molecule has 1 aliphatic rings. The molecule has 4 heteroatoms. The van der Waals surface area contributed by atoms with E-state index >= 15 is 0 Å². The summed E-state index contributed by atoms with van der Waals surface area (Å²) in [4.78, 5) is 2.46. The number of hydrogen-bond acceptors (Lipinski definition) is 4. The van der Waals surface area contributed by atoms with Crippen molar-refractivity contribution in [3.05, 3.63) is 89.0 Å². The van der Waals surface area contributed by atoms with Crippen LogP contribution in [-0.4, -0.2) is 23.8 Å². The average molecular weight is 445 g/mol. The molecule has 1 atom stereocenters. The summed E-state index contributed by atoms with van der Waals surface area (Å²) in [6.45, 7) is 8.43. The Labute approximate surface area is 198 Å². The molecule has 0 aromatic heterocycles. The molecular weight excluding hydrogens is 408 g/mol. The van der Waals surface area contributed by atoms with Gasteiger partial charge >= 0.3 is 0 Å². The van der Waals surface area contributed by atoms with Crippen molar-refractivity contribution in [1.29, 1.82) is 0 Å². The average Bonchev–Trinajstić information content (AvgIpc) is 2.81. The van der Waals surface area contributed by atoms with Crippen molar-refractivity contribution < 1.29 is 9.84 Å². The fraction of sp³-hybridized carbons (Fsp3) is 0.379. The number of benzene rings is 3. The maximum Gasteiger partial charge on any atom is 0.119 e. The Hall–Kier alpha value is -2.98. The second kappa shape index (κ2) is 9.88. The number of anilines is 1. The van der Waals surface area contributed by atoms with Gasteiger partial charge in [-0.05, 0) is 98.5 Å². The number of aromatic hydroxyl groups is 1. The molecule has 0 saturated heterocycles. The van der Waals surface area contributed by atoms with Gasteiger partial charge in [0.2, 0.25) is 0 Å². The topological polar surface area (TPSA) is 58.7 Å². The molecule has 3 aromatic rings. The maximum atomic E-state index is 9.82. The minimum atomic E-state index is -0.346. The number of phenols is 1. The molecule has 0 bridgehead atoms. The number of fused-ring (bicyclic) bond motifs is 1. The highest BCUT2D eigenvalue weighted by Crippen LogP contribution is 2.38. The number of nitrogens with zero attached hydrogens (tertiary/aromatic N) is 1.